The molecule has 114 valence electrons. The third kappa shape index (κ3) is 2.94. The number of hydrogen-bond donors (Lipinski definition) is 2. The van der Waals surface area contributed by atoms with Crippen molar-refractivity contribution in [1.29, 1.82) is 0 Å². The first-order chi connectivity index (χ1) is 10.0. The first-order valence-corrected chi connectivity index (χ1v) is 7.80. The van der Waals surface area contributed by atoms with Crippen molar-refractivity contribution in [2.24, 2.45) is 0 Å². The van der Waals surface area contributed by atoms with Crippen LogP contribution in [0.2, 0.25) is 0 Å². The van der Waals surface area contributed by atoms with Crippen molar-refractivity contribution in [3.8, 4) is 0 Å². The number of nitrogens with one attached hydrogen (secondary N) is 1. The second-order valence-corrected chi connectivity index (χ2v) is 6.25. The normalized spacial score (nSPS) is 24.4. The standard InChI is InChI=1S/C16H24N4O/c1-10-8-16-17-9-15(12(3)20(16)19-10)11(2)18-13-4-6-14(21)7-5-13/h8-9,11,13-14,18,21H,4-7H2,1-3H3. The number of hydrogen-bond acceptors (Lipinski definition) is 4. The minimum absolute atomic E-state index is 0.106. The molecular formula is C16H24N4O. The Labute approximate surface area is 125 Å². The molecule has 0 amide bonds. The molecule has 1 aliphatic carbocycles. The van der Waals surface area contributed by atoms with Crippen molar-refractivity contribution in [2.45, 2.75) is 64.6 Å². The Morgan fingerprint density at radius 2 is 2.00 bits per heavy atom. The Morgan fingerprint density at radius 1 is 1.29 bits per heavy atom. The monoisotopic (exact) mass is 288 g/mol. The maximum atomic E-state index is 9.59. The van der Waals surface area contributed by atoms with Crippen molar-refractivity contribution in [1.82, 2.24) is 19.9 Å². The van der Waals surface area contributed by atoms with Crippen LogP contribution in [0.15, 0.2) is 12.3 Å². The number of fused-ring (bicyclic) bond motifs is 1. The lowest BCUT2D eigenvalue weighted by atomic mass is 9.92. The molecule has 1 saturated carbocycles. The molecule has 0 spiro atoms. The van der Waals surface area contributed by atoms with Gasteiger partial charge in [0, 0.05) is 35.6 Å². The van der Waals surface area contributed by atoms with Crippen LogP contribution in [0.25, 0.3) is 5.65 Å². The predicted octanol–water partition coefficient (Wildman–Crippen LogP) is 2.30. The van der Waals surface area contributed by atoms with Crippen molar-refractivity contribution in [3.63, 3.8) is 0 Å². The number of rotatable bonds is 3. The molecule has 1 fully saturated rings. The fraction of sp³-hybridized carbons (Fsp3) is 0.625. The summed E-state index contributed by atoms with van der Waals surface area (Å²) in [5, 5.41) is 17.8. The van der Waals surface area contributed by atoms with Gasteiger partial charge in [-0.3, -0.25) is 0 Å². The number of aliphatic hydroxyl groups is 1. The smallest absolute Gasteiger partial charge is 0.155 e. The Bertz CT molecular complexity index is 628. The Balaban J connectivity index is 1.78. The molecule has 0 aromatic carbocycles. The Kier molecular flexibility index (Phi) is 3.95. The van der Waals surface area contributed by atoms with Crippen LogP contribution in [-0.2, 0) is 0 Å². The fourth-order valence-corrected chi connectivity index (χ4v) is 3.29. The summed E-state index contributed by atoms with van der Waals surface area (Å²) in [6.07, 6.45) is 5.74. The van der Waals surface area contributed by atoms with Gasteiger partial charge in [0.05, 0.1) is 11.8 Å². The summed E-state index contributed by atoms with van der Waals surface area (Å²) in [5.74, 6) is 0. The number of aromatic nitrogens is 3. The minimum Gasteiger partial charge on any atom is -0.393 e. The molecule has 0 aliphatic heterocycles. The van der Waals surface area contributed by atoms with E-state index in [0.29, 0.717) is 6.04 Å². The molecule has 5 heteroatoms. The number of aliphatic hydroxyl groups excluding tert-OH is 1. The van der Waals surface area contributed by atoms with Gasteiger partial charge in [0.25, 0.3) is 0 Å². The first kappa shape index (κ1) is 14.5. The van der Waals surface area contributed by atoms with E-state index in [4.69, 9.17) is 0 Å². The molecule has 1 unspecified atom stereocenters. The summed E-state index contributed by atoms with van der Waals surface area (Å²) in [6.45, 7) is 6.26. The van der Waals surface area contributed by atoms with Gasteiger partial charge in [0.2, 0.25) is 0 Å². The SMILES string of the molecule is Cc1cc2ncc(C(C)NC3CCC(O)CC3)c(C)n2n1. The predicted molar refractivity (Wildman–Crippen MR) is 82.3 cm³/mol. The van der Waals surface area contributed by atoms with Crippen LogP contribution < -0.4 is 5.32 Å². The van der Waals surface area contributed by atoms with Gasteiger partial charge in [-0.25, -0.2) is 9.50 Å². The van der Waals surface area contributed by atoms with E-state index in [2.05, 4.69) is 29.2 Å². The molecular weight excluding hydrogens is 264 g/mol. The Hall–Kier alpha value is -1.46. The maximum absolute atomic E-state index is 9.59. The van der Waals surface area contributed by atoms with E-state index >= 15 is 0 Å². The van der Waals surface area contributed by atoms with Crippen molar-refractivity contribution < 1.29 is 5.11 Å². The summed E-state index contributed by atoms with van der Waals surface area (Å²) in [5.41, 5.74) is 4.23. The van der Waals surface area contributed by atoms with Gasteiger partial charge in [0.15, 0.2) is 5.65 Å². The first-order valence-electron chi connectivity index (χ1n) is 7.80. The van der Waals surface area contributed by atoms with Crippen molar-refractivity contribution in [3.05, 3.63) is 29.2 Å². The van der Waals surface area contributed by atoms with E-state index < -0.39 is 0 Å². The van der Waals surface area contributed by atoms with Crippen LogP contribution in [0.5, 0.6) is 0 Å². The molecule has 2 heterocycles. The lowest BCUT2D eigenvalue weighted by molar-refractivity contribution is 0.114. The summed E-state index contributed by atoms with van der Waals surface area (Å²) in [6, 6.07) is 2.72. The summed E-state index contributed by atoms with van der Waals surface area (Å²) in [7, 11) is 0. The highest BCUT2D eigenvalue weighted by Gasteiger charge is 2.22. The number of nitrogens with zero attached hydrogens (tertiary/aromatic N) is 3. The van der Waals surface area contributed by atoms with Crippen LogP contribution in [-0.4, -0.2) is 31.9 Å². The molecule has 1 atom stereocenters. The molecule has 0 saturated heterocycles. The van der Waals surface area contributed by atoms with Gasteiger partial charge in [-0.05, 0) is 46.5 Å². The van der Waals surface area contributed by atoms with Gasteiger partial charge in [0.1, 0.15) is 0 Å². The molecule has 2 aromatic heterocycles. The summed E-state index contributed by atoms with van der Waals surface area (Å²) < 4.78 is 1.92. The third-order valence-corrected chi connectivity index (χ3v) is 4.53. The molecule has 21 heavy (non-hydrogen) atoms. The van der Waals surface area contributed by atoms with Crippen molar-refractivity contribution >= 4 is 5.65 Å². The lowest BCUT2D eigenvalue weighted by Gasteiger charge is -2.29. The van der Waals surface area contributed by atoms with Crippen LogP contribution in [0, 0.1) is 13.8 Å². The fourth-order valence-electron chi connectivity index (χ4n) is 3.29. The minimum atomic E-state index is -0.106. The molecule has 0 bridgehead atoms. The van der Waals surface area contributed by atoms with Crippen LogP contribution >= 0.6 is 0 Å². The molecule has 2 aromatic rings. The zero-order chi connectivity index (χ0) is 15.0. The highest BCUT2D eigenvalue weighted by molar-refractivity contribution is 5.42. The quantitative estimate of drug-likeness (QED) is 0.909. The van der Waals surface area contributed by atoms with Crippen LogP contribution in [0.4, 0.5) is 0 Å². The highest BCUT2D eigenvalue weighted by atomic mass is 16.3. The average molecular weight is 288 g/mol. The zero-order valence-corrected chi connectivity index (χ0v) is 13.0. The second-order valence-electron chi connectivity index (χ2n) is 6.25. The van der Waals surface area contributed by atoms with E-state index in [9.17, 15) is 5.11 Å². The van der Waals surface area contributed by atoms with E-state index in [-0.39, 0.29) is 12.1 Å². The zero-order valence-electron chi connectivity index (χ0n) is 13.0. The largest absolute Gasteiger partial charge is 0.393 e. The van der Waals surface area contributed by atoms with Crippen LogP contribution in [0.1, 0.15) is 55.6 Å². The van der Waals surface area contributed by atoms with Gasteiger partial charge in [-0.1, -0.05) is 0 Å². The van der Waals surface area contributed by atoms with Gasteiger partial charge >= 0.3 is 0 Å². The van der Waals surface area contributed by atoms with Gasteiger partial charge in [-0.15, -0.1) is 0 Å². The number of aryl methyl sites for hydroxylation is 2. The summed E-state index contributed by atoms with van der Waals surface area (Å²) in [4.78, 5) is 4.51. The second kappa shape index (κ2) is 5.73. The van der Waals surface area contributed by atoms with Crippen LogP contribution in [0.3, 0.4) is 0 Å². The molecule has 0 radical (unpaired) electrons. The lowest BCUT2D eigenvalue weighted by Crippen LogP contribution is -2.36. The van der Waals surface area contributed by atoms with E-state index in [1.54, 1.807) is 0 Å². The van der Waals surface area contributed by atoms with Crippen molar-refractivity contribution in [2.75, 3.05) is 0 Å². The highest BCUT2D eigenvalue weighted by Crippen LogP contribution is 2.23. The molecule has 1 aliphatic rings. The molecule has 2 N–H and O–H groups in total. The maximum Gasteiger partial charge on any atom is 0.155 e. The van der Waals surface area contributed by atoms with Gasteiger partial charge < -0.3 is 10.4 Å². The van der Waals surface area contributed by atoms with E-state index in [1.165, 1.54) is 5.56 Å². The molecule has 5 nitrogen and oxygen atoms in total. The van der Waals surface area contributed by atoms with E-state index in [1.807, 2.05) is 23.7 Å². The molecule has 3 rings (SSSR count). The topological polar surface area (TPSA) is 62.5 Å². The Morgan fingerprint density at radius 3 is 2.71 bits per heavy atom. The average Bonchev–Trinajstić information content (AvgIpc) is 2.83. The van der Waals surface area contributed by atoms with E-state index in [0.717, 1.165) is 42.7 Å². The summed E-state index contributed by atoms with van der Waals surface area (Å²) >= 11 is 0. The third-order valence-electron chi connectivity index (χ3n) is 4.53. The van der Waals surface area contributed by atoms with Gasteiger partial charge in [-0.2, -0.15) is 5.10 Å².